The summed E-state index contributed by atoms with van der Waals surface area (Å²) in [5.41, 5.74) is -0.195. The van der Waals surface area contributed by atoms with Gasteiger partial charge >= 0.3 is 0 Å². The highest BCUT2D eigenvalue weighted by Crippen LogP contribution is 2.32. The van der Waals surface area contributed by atoms with Gasteiger partial charge in [0.15, 0.2) is 5.82 Å². The number of nitrogens with one attached hydrogen (secondary N) is 2. The fourth-order valence-electron chi connectivity index (χ4n) is 2.79. The lowest BCUT2D eigenvalue weighted by Gasteiger charge is -2.36. The Balaban J connectivity index is 1.98. The number of H-pyrrole nitrogens is 1. The molecule has 96 valence electrons. The van der Waals surface area contributed by atoms with Gasteiger partial charge < -0.3 is 15.2 Å². The predicted octanol–water partition coefficient (Wildman–Crippen LogP) is 0.247. The van der Waals surface area contributed by atoms with Gasteiger partial charge in [0, 0.05) is 13.1 Å². The van der Waals surface area contributed by atoms with E-state index in [1.165, 1.54) is 6.33 Å². The number of piperidine rings is 1. The fourth-order valence-corrected chi connectivity index (χ4v) is 3.23. The van der Waals surface area contributed by atoms with Crippen molar-refractivity contribution in [3.8, 4) is 0 Å². The van der Waals surface area contributed by atoms with Gasteiger partial charge in [0.05, 0.1) is 18.3 Å². The summed E-state index contributed by atoms with van der Waals surface area (Å²) >= 11 is 3.27. The maximum absolute atomic E-state index is 11.7. The molecule has 2 saturated heterocycles. The van der Waals surface area contributed by atoms with Crippen molar-refractivity contribution < 1.29 is 4.79 Å². The standard InChI is InChI=1S/C11H13BrN4O2/c12-8-9(14-5-15-11(8)18)16-3-1-2-6-7(16)4-13-10(6)17/h5-7H,1-4H2,(H,13,17)(H,14,15,18). The minimum absolute atomic E-state index is 0.0201. The van der Waals surface area contributed by atoms with Crippen LogP contribution in [0.1, 0.15) is 12.8 Å². The number of aromatic nitrogens is 2. The number of nitrogens with zero attached hydrogens (tertiary/aromatic N) is 2. The van der Waals surface area contributed by atoms with E-state index in [2.05, 4.69) is 36.1 Å². The number of halogens is 1. The Morgan fingerprint density at radius 2 is 2.28 bits per heavy atom. The minimum atomic E-state index is -0.195. The van der Waals surface area contributed by atoms with Crippen LogP contribution in [0.4, 0.5) is 5.82 Å². The molecular formula is C11H13BrN4O2. The molecular weight excluding hydrogens is 300 g/mol. The second-order valence-corrected chi connectivity index (χ2v) is 5.42. The van der Waals surface area contributed by atoms with Crippen molar-refractivity contribution in [2.45, 2.75) is 18.9 Å². The molecule has 0 bridgehead atoms. The van der Waals surface area contributed by atoms with Crippen molar-refractivity contribution in [3.63, 3.8) is 0 Å². The van der Waals surface area contributed by atoms with E-state index in [0.29, 0.717) is 16.8 Å². The van der Waals surface area contributed by atoms with E-state index in [9.17, 15) is 9.59 Å². The van der Waals surface area contributed by atoms with E-state index in [-0.39, 0.29) is 23.4 Å². The first kappa shape index (κ1) is 11.7. The van der Waals surface area contributed by atoms with E-state index >= 15 is 0 Å². The first-order chi connectivity index (χ1) is 8.68. The summed E-state index contributed by atoms with van der Waals surface area (Å²) in [6.07, 6.45) is 3.25. The molecule has 1 amide bonds. The van der Waals surface area contributed by atoms with Crippen LogP contribution in [0.2, 0.25) is 0 Å². The lowest BCUT2D eigenvalue weighted by atomic mass is 9.91. The molecule has 2 aliphatic heterocycles. The van der Waals surface area contributed by atoms with Crippen molar-refractivity contribution in [2.24, 2.45) is 5.92 Å². The number of anilines is 1. The third kappa shape index (κ3) is 1.73. The number of hydrogen-bond acceptors (Lipinski definition) is 4. The average Bonchev–Trinajstić information content (AvgIpc) is 2.75. The van der Waals surface area contributed by atoms with Crippen LogP contribution >= 0.6 is 15.9 Å². The molecule has 0 saturated carbocycles. The molecule has 18 heavy (non-hydrogen) atoms. The Labute approximate surface area is 112 Å². The van der Waals surface area contributed by atoms with E-state index < -0.39 is 0 Å². The van der Waals surface area contributed by atoms with Crippen molar-refractivity contribution in [1.29, 1.82) is 0 Å². The predicted molar refractivity (Wildman–Crippen MR) is 69.4 cm³/mol. The van der Waals surface area contributed by atoms with Crippen molar-refractivity contribution in [1.82, 2.24) is 15.3 Å². The van der Waals surface area contributed by atoms with Crippen LogP contribution in [-0.4, -0.2) is 35.0 Å². The zero-order chi connectivity index (χ0) is 12.7. The highest BCUT2D eigenvalue weighted by Gasteiger charge is 2.41. The van der Waals surface area contributed by atoms with Gasteiger partial charge in [0.2, 0.25) is 5.91 Å². The molecule has 0 radical (unpaired) electrons. The van der Waals surface area contributed by atoms with Crippen molar-refractivity contribution >= 4 is 27.7 Å². The number of fused-ring (bicyclic) bond motifs is 1. The number of aromatic amines is 1. The number of hydrogen-bond donors (Lipinski definition) is 2. The lowest BCUT2D eigenvalue weighted by Crippen LogP contribution is -2.46. The first-order valence-corrected chi connectivity index (χ1v) is 6.75. The van der Waals surface area contributed by atoms with Crippen LogP contribution in [0.3, 0.4) is 0 Å². The molecule has 6 nitrogen and oxygen atoms in total. The highest BCUT2D eigenvalue weighted by molar-refractivity contribution is 9.10. The number of rotatable bonds is 1. The second kappa shape index (κ2) is 4.38. The zero-order valence-corrected chi connectivity index (χ0v) is 11.2. The third-order valence-electron chi connectivity index (χ3n) is 3.65. The van der Waals surface area contributed by atoms with Crippen LogP contribution < -0.4 is 15.8 Å². The molecule has 1 aromatic heterocycles. The van der Waals surface area contributed by atoms with Gasteiger partial charge in [-0.1, -0.05) is 0 Å². The van der Waals surface area contributed by atoms with Crippen LogP contribution in [0.5, 0.6) is 0 Å². The molecule has 2 aliphatic rings. The number of carbonyl (C=O) groups excluding carboxylic acids is 1. The van der Waals surface area contributed by atoms with Crippen LogP contribution in [0.15, 0.2) is 15.6 Å². The van der Waals surface area contributed by atoms with Gasteiger partial charge in [-0.3, -0.25) is 9.59 Å². The largest absolute Gasteiger partial charge is 0.354 e. The molecule has 0 aromatic carbocycles. The first-order valence-electron chi connectivity index (χ1n) is 5.96. The van der Waals surface area contributed by atoms with Crippen molar-refractivity contribution in [3.05, 3.63) is 21.2 Å². The quantitative estimate of drug-likeness (QED) is 0.779. The Morgan fingerprint density at radius 1 is 1.44 bits per heavy atom. The van der Waals surface area contributed by atoms with E-state index in [1.54, 1.807) is 0 Å². The SMILES string of the molecule is O=C1NCC2C1CCCN2c1nc[nH]c(=O)c1Br. The number of amides is 1. The van der Waals surface area contributed by atoms with Gasteiger partial charge in [-0.2, -0.15) is 0 Å². The molecule has 0 spiro atoms. The average molecular weight is 313 g/mol. The summed E-state index contributed by atoms with van der Waals surface area (Å²) < 4.78 is 0.435. The van der Waals surface area contributed by atoms with Crippen LogP contribution in [0, 0.1) is 5.92 Å². The topological polar surface area (TPSA) is 78.1 Å². The second-order valence-electron chi connectivity index (χ2n) is 4.62. The molecule has 3 heterocycles. The summed E-state index contributed by atoms with van der Waals surface area (Å²) in [6.45, 7) is 1.45. The third-order valence-corrected chi connectivity index (χ3v) is 4.37. The van der Waals surface area contributed by atoms with Gasteiger partial charge in [-0.05, 0) is 28.8 Å². The van der Waals surface area contributed by atoms with Crippen molar-refractivity contribution in [2.75, 3.05) is 18.0 Å². The molecule has 2 N–H and O–H groups in total. The zero-order valence-electron chi connectivity index (χ0n) is 9.65. The minimum Gasteiger partial charge on any atom is -0.354 e. The lowest BCUT2D eigenvalue weighted by molar-refractivity contribution is -0.122. The van der Waals surface area contributed by atoms with E-state index in [1.807, 2.05) is 0 Å². The summed E-state index contributed by atoms with van der Waals surface area (Å²) in [6, 6.07) is 0.108. The molecule has 2 unspecified atom stereocenters. The Bertz CT molecular complexity index is 544. The molecule has 3 rings (SSSR count). The highest BCUT2D eigenvalue weighted by atomic mass is 79.9. The van der Waals surface area contributed by atoms with E-state index in [4.69, 9.17) is 0 Å². The maximum Gasteiger partial charge on any atom is 0.267 e. The molecule has 2 fully saturated rings. The van der Waals surface area contributed by atoms with E-state index in [0.717, 1.165) is 19.4 Å². The Morgan fingerprint density at radius 3 is 3.11 bits per heavy atom. The summed E-state index contributed by atoms with van der Waals surface area (Å²) in [4.78, 5) is 32.1. The summed E-state index contributed by atoms with van der Waals surface area (Å²) in [5.74, 6) is 0.766. The molecule has 0 aliphatic carbocycles. The van der Waals surface area contributed by atoms with Gasteiger partial charge in [0.25, 0.3) is 5.56 Å². The summed E-state index contributed by atoms with van der Waals surface area (Å²) in [5, 5.41) is 2.89. The van der Waals surface area contributed by atoms with Crippen LogP contribution in [-0.2, 0) is 4.79 Å². The molecule has 1 aromatic rings. The molecule has 7 heteroatoms. The Kier molecular flexibility index (Phi) is 2.85. The normalized spacial score (nSPS) is 26.9. The smallest absolute Gasteiger partial charge is 0.267 e. The van der Waals surface area contributed by atoms with Crippen LogP contribution in [0.25, 0.3) is 0 Å². The molecule has 2 atom stereocenters. The number of carbonyl (C=O) groups is 1. The summed E-state index contributed by atoms with van der Waals surface area (Å²) in [7, 11) is 0. The fraction of sp³-hybridized carbons (Fsp3) is 0.545. The van der Waals surface area contributed by atoms with Gasteiger partial charge in [-0.15, -0.1) is 0 Å². The van der Waals surface area contributed by atoms with Gasteiger partial charge in [-0.25, -0.2) is 4.98 Å². The maximum atomic E-state index is 11.7. The monoisotopic (exact) mass is 312 g/mol. The Hall–Kier alpha value is -1.37. The van der Waals surface area contributed by atoms with Gasteiger partial charge in [0.1, 0.15) is 4.47 Å².